The molecule has 4 heteroatoms. The molecular formula is C17H23NO3. The SMILES string of the molecule is C/C=C/c1ccc(OCC(=O)NC(C)C2CC2)c(OC)c1. The van der Waals surface area contributed by atoms with Crippen molar-refractivity contribution in [2.24, 2.45) is 5.92 Å². The van der Waals surface area contributed by atoms with Gasteiger partial charge in [-0.2, -0.15) is 0 Å². The summed E-state index contributed by atoms with van der Waals surface area (Å²) in [6, 6.07) is 5.88. The number of carbonyl (C=O) groups excluding carboxylic acids is 1. The first-order chi connectivity index (χ1) is 10.1. The Labute approximate surface area is 126 Å². The molecule has 1 fully saturated rings. The molecule has 0 spiro atoms. The van der Waals surface area contributed by atoms with Gasteiger partial charge in [0.25, 0.3) is 5.91 Å². The van der Waals surface area contributed by atoms with Gasteiger partial charge in [0.15, 0.2) is 18.1 Å². The van der Waals surface area contributed by atoms with Crippen molar-refractivity contribution < 1.29 is 14.3 Å². The van der Waals surface area contributed by atoms with Crippen LogP contribution in [-0.2, 0) is 4.79 Å². The van der Waals surface area contributed by atoms with E-state index in [4.69, 9.17) is 9.47 Å². The van der Waals surface area contributed by atoms with Crippen LogP contribution < -0.4 is 14.8 Å². The van der Waals surface area contributed by atoms with E-state index in [0.717, 1.165) is 5.56 Å². The van der Waals surface area contributed by atoms with Gasteiger partial charge in [-0.15, -0.1) is 0 Å². The first-order valence-electron chi connectivity index (χ1n) is 7.37. The zero-order valence-electron chi connectivity index (χ0n) is 12.9. The summed E-state index contributed by atoms with van der Waals surface area (Å²) in [5, 5.41) is 2.97. The maximum Gasteiger partial charge on any atom is 0.258 e. The molecule has 21 heavy (non-hydrogen) atoms. The van der Waals surface area contributed by atoms with Crippen LogP contribution in [0.2, 0.25) is 0 Å². The number of rotatable bonds is 7. The molecule has 1 unspecified atom stereocenters. The minimum absolute atomic E-state index is 0.0103. The molecule has 2 rings (SSSR count). The predicted molar refractivity (Wildman–Crippen MR) is 83.5 cm³/mol. The van der Waals surface area contributed by atoms with Crippen LogP contribution in [0.15, 0.2) is 24.3 Å². The van der Waals surface area contributed by atoms with Crippen molar-refractivity contribution in [2.45, 2.75) is 32.7 Å². The van der Waals surface area contributed by atoms with Crippen LogP contribution in [0.4, 0.5) is 0 Å². The molecule has 1 aliphatic rings. The molecule has 1 atom stereocenters. The fourth-order valence-electron chi connectivity index (χ4n) is 2.25. The molecular weight excluding hydrogens is 266 g/mol. The van der Waals surface area contributed by atoms with Crippen LogP contribution in [-0.4, -0.2) is 25.7 Å². The van der Waals surface area contributed by atoms with Gasteiger partial charge in [-0.3, -0.25) is 4.79 Å². The predicted octanol–water partition coefficient (Wildman–Crippen LogP) is 3.02. The van der Waals surface area contributed by atoms with Crippen molar-refractivity contribution in [1.29, 1.82) is 0 Å². The summed E-state index contributed by atoms with van der Waals surface area (Å²) in [5.41, 5.74) is 1.04. The molecule has 1 aliphatic carbocycles. The van der Waals surface area contributed by atoms with E-state index >= 15 is 0 Å². The van der Waals surface area contributed by atoms with Crippen LogP contribution in [0.3, 0.4) is 0 Å². The average Bonchev–Trinajstić information content (AvgIpc) is 3.30. The van der Waals surface area contributed by atoms with Crippen molar-refractivity contribution in [1.82, 2.24) is 5.32 Å². The lowest BCUT2D eigenvalue weighted by Crippen LogP contribution is -2.37. The number of methoxy groups -OCH3 is 1. The summed E-state index contributed by atoms with van der Waals surface area (Å²) >= 11 is 0. The zero-order chi connectivity index (χ0) is 15.2. The third-order valence-electron chi connectivity index (χ3n) is 3.62. The largest absolute Gasteiger partial charge is 0.493 e. The highest BCUT2D eigenvalue weighted by Crippen LogP contribution is 2.32. The summed E-state index contributed by atoms with van der Waals surface area (Å²) in [7, 11) is 1.59. The van der Waals surface area contributed by atoms with Crippen LogP contribution in [0.25, 0.3) is 6.08 Å². The highest BCUT2D eigenvalue weighted by atomic mass is 16.5. The standard InChI is InChI=1S/C17H23NO3/c1-4-5-13-6-9-15(16(10-13)20-3)21-11-17(19)18-12(2)14-7-8-14/h4-6,9-10,12,14H,7-8,11H2,1-3H3,(H,18,19)/b5-4+. The third-order valence-corrected chi connectivity index (χ3v) is 3.62. The quantitative estimate of drug-likeness (QED) is 0.839. The zero-order valence-corrected chi connectivity index (χ0v) is 12.9. The Morgan fingerprint density at radius 2 is 2.19 bits per heavy atom. The highest BCUT2D eigenvalue weighted by molar-refractivity contribution is 5.78. The fraction of sp³-hybridized carbons (Fsp3) is 0.471. The molecule has 114 valence electrons. The molecule has 1 amide bonds. The Balaban J connectivity index is 1.90. The Hall–Kier alpha value is -1.97. The van der Waals surface area contributed by atoms with E-state index < -0.39 is 0 Å². The molecule has 1 N–H and O–H groups in total. The molecule has 1 aromatic carbocycles. The highest BCUT2D eigenvalue weighted by Gasteiger charge is 2.28. The Bertz CT molecular complexity index is 521. The molecule has 4 nitrogen and oxygen atoms in total. The molecule has 0 bridgehead atoms. The van der Waals surface area contributed by atoms with Gasteiger partial charge in [0.2, 0.25) is 0 Å². The Morgan fingerprint density at radius 1 is 1.43 bits per heavy atom. The summed E-state index contributed by atoms with van der Waals surface area (Å²) in [4.78, 5) is 11.8. The number of ether oxygens (including phenoxy) is 2. The monoisotopic (exact) mass is 289 g/mol. The molecule has 0 aromatic heterocycles. The lowest BCUT2D eigenvalue weighted by Gasteiger charge is -2.14. The van der Waals surface area contributed by atoms with Crippen molar-refractivity contribution in [3.63, 3.8) is 0 Å². The minimum Gasteiger partial charge on any atom is -0.493 e. The van der Waals surface area contributed by atoms with E-state index in [1.54, 1.807) is 7.11 Å². The van der Waals surface area contributed by atoms with Gasteiger partial charge >= 0.3 is 0 Å². The van der Waals surface area contributed by atoms with E-state index in [-0.39, 0.29) is 18.6 Å². The van der Waals surface area contributed by atoms with Gasteiger partial charge < -0.3 is 14.8 Å². The normalized spacial score (nSPS) is 15.8. The molecule has 0 aliphatic heterocycles. The number of benzene rings is 1. The lowest BCUT2D eigenvalue weighted by molar-refractivity contribution is -0.123. The molecule has 0 radical (unpaired) electrons. The van der Waals surface area contributed by atoms with Crippen molar-refractivity contribution in [3.05, 3.63) is 29.8 Å². The number of hydrogen-bond acceptors (Lipinski definition) is 3. The number of carbonyl (C=O) groups is 1. The lowest BCUT2D eigenvalue weighted by atomic mass is 10.2. The fourth-order valence-corrected chi connectivity index (χ4v) is 2.25. The van der Waals surface area contributed by atoms with Crippen LogP contribution in [0, 0.1) is 5.92 Å². The summed E-state index contributed by atoms with van der Waals surface area (Å²) in [6.07, 6.45) is 6.36. The van der Waals surface area contributed by atoms with E-state index in [2.05, 4.69) is 5.32 Å². The maximum atomic E-state index is 11.8. The second kappa shape index (κ2) is 7.16. The Kier molecular flexibility index (Phi) is 5.26. The summed E-state index contributed by atoms with van der Waals surface area (Å²) in [6.45, 7) is 4.01. The topological polar surface area (TPSA) is 47.6 Å². The minimum atomic E-state index is -0.0889. The van der Waals surface area contributed by atoms with Gasteiger partial charge in [0, 0.05) is 6.04 Å². The molecule has 0 saturated heterocycles. The third kappa shape index (κ3) is 4.52. The second-order valence-corrected chi connectivity index (χ2v) is 5.39. The van der Waals surface area contributed by atoms with Gasteiger partial charge in [-0.1, -0.05) is 18.2 Å². The molecule has 1 saturated carbocycles. The van der Waals surface area contributed by atoms with E-state index in [9.17, 15) is 4.79 Å². The second-order valence-electron chi connectivity index (χ2n) is 5.39. The first-order valence-corrected chi connectivity index (χ1v) is 7.37. The number of allylic oxidation sites excluding steroid dienone is 1. The van der Waals surface area contributed by atoms with E-state index in [1.165, 1.54) is 12.8 Å². The number of nitrogens with one attached hydrogen (secondary N) is 1. The summed E-state index contributed by atoms with van der Waals surface area (Å²) < 4.78 is 10.9. The van der Waals surface area contributed by atoms with Crippen molar-refractivity contribution in [3.8, 4) is 11.5 Å². The number of amides is 1. The van der Waals surface area contributed by atoms with Crippen molar-refractivity contribution >= 4 is 12.0 Å². The first kappa shape index (κ1) is 15.4. The number of hydrogen-bond donors (Lipinski definition) is 1. The average molecular weight is 289 g/mol. The van der Waals surface area contributed by atoms with Crippen LogP contribution >= 0.6 is 0 Å². The maximum absolute atomic E-state index is 11.8. The van der Waals surface area contributed by atoms with E-state index in [0.29, 0.717) is 17.4 Å². The van der Waals surface area contributed by atoms with Crippen LogP contribution in [0.5, 0.6) is 11.5 Å². The smallest absolute Gasteiger partial charge is 0.258 e. The molecule has 0 heterocycles. The summed E-state index contributed by atoms with van der Waals surface area (Å²) in [5.74, 6) is 1.77. The van der Waals surface area contributed by atoms with E-state index in [1.807, 2.05) is 44.2 Å². The van der Waals surface area contributed by atoms with Crippen LogP contribution in [0.1, 0.15) is 32.3 Å². The van der Waals surface area contributed by atoms with Crippen molar-refractivity contribution in [2.75, 3.05) is 13.7 Å². The Morgan fingerprint density at radius 3 is 2.81 bits per heavy atom. The van der Waals surface area contributed by atoms with Gasteiger partial charge in [-0.05, 0) is 50.3 Å². The molecule has 1 aromatic rings. The van der Waals surface area contributed by atoms with Gasteiger partial charge in [-0.25, -0.2) is 0 Å². The van der Waals surface area contributed by atoms with Gasteiger partial charge in [0.05, 0.1) is 7.11 Å². The van der Waals surface area contributed by atoms with Gasteiger partial charge in [0.1, 0.15) is 0 Å².